The van der Waals surface area contributed by atoms with E-state index >= 15 is 0 Å². The summed E-state index contributed by atoms with van der Waals surface area (Å²) < 4.78 is 52.1. The predicted molar refractivity (Wildman–Crippen MR) is 89.4 cm³/mol. The van der Waals surface area contributed by atoms with Crippen LogP contribution in [-0.2, 0) is 6.18 Å². The molecule has 0 aliphatic carbocycles. The minimum absolute atomic E-state index is 0.0707. The monoisotopic (exact) mass is 406 g/mol. The Morgan fingerprint density at radius 3 is 2.42 bits per heavy atom. The van der Waals surface area contributed by atoms with Gasteiger partial charge in [-0.25, -0.2) is 4.98 Å². The molecule has 1 heterocycles. The molecule has 2 rings (SSSR count). The second-order valence-corrected chi connectivity index (χ2v) is 6.46. The second kappa shape index (κ2) is 7.14. The van der Waals surface area contributed by atoms with E-state index < -0.39 is 17.8 Å². The molecule has 0 fully saturated rings. The van der Waals surface area contributed by atoms with Crippen molar-refractivity contribution in [3.05, 3.63) is 28.2 Å². The van der Waals surface area contributed by atoms with Crippen molar-refractivity contribution in [3.8, 4) is 11.6 Å². The Hall–Kier alpha value is -1.54. The van der Waals surface area contributed by atoms with Crippen molar-refractivity contribution >= 4 is 26.8 Å². The summed E-state index contributed by atoms with van der Waals surface area (Å²) in [6.07, 6.45) is -5.32. The first-order chi connectivity index (χ1) is 11.1. The van der Waals surface area contributed by atoms with Crippen molar-refractivity contribution in [2.45, 2.75) is 39.2 Å². The van der Waals surface area contributed by atoms with Crippen molar-refractivity contribution in [1.82, 2.24) is 4.98 Å². The smallest absolute Gasteiger partial charge is 0.417 e. The van der Waals surface area contributed by atoms with Crippen LogP contribution in [0.5, 0.6) is 11.6 Å². The Kier molecular flexibility index (Phi) is 5.59. The summed E-state index contributed by atoms with van der Waals surface area (Å²) in [7, 11) is 0. The van der Waals surface area contributed by atoms with Crippen molar-refractivity contribution < 1.29 is 22.6 Å². The van der Waals surface area contributed by atoms with Crippen LogP contribution in [0.2, 0.25) is 0 Å². The number of halogens is 4. The fourth-order valence-corrected chi connectivity index (χ4v) is 2.56. The number of aromatic nitrogens is 1. The zero-order chi connectivity index (χ0) is 18.1. The molecule has 0 saturated carbocycles. The normalized spacial score (nSPS) is 13.4. The number of hydrogen-bond donors (Lipinski definition) is 1. The molecule has 1 aromatic carbocycles. The highest BCUT2D eigenvalue weighted by molar-refractivity contribution is 9.10. The Morgan fingerprint density at radius 2 is 1.88 bits per heavy atom. The Morgan fingerprint density at radius 1 is 1.21 bits per heavy atom. The summed E-state index contributed by atoms with van der Waals surface area (Å²) in [5.41, 5.74) is 4.80. The van der Waals surface area contributed by atoms with Crippen LogP contribution in [-0.4, -0.2) is 23.7 Å². The molecule has 0 spiro atoms. The van der Waals surface area contributed by atoms with Crippen LogP contribution in [0, 0.1) is 0 Å². The number of alkyl halides is 3. The molecular weight excluding hydrogens is 389 g/mol. The summed E-state index contributed by atoms with van der Waals surface area (Å²) in [6, 6.07) is 3.98. The standard InChI is InChI=1S/C16H18BrF3N2O2/c1-8(2)23-13-6-10(16(18,19)20)14-12(22-13)5-4-11(17)15(14)24-9(3)7-21/h4-6,8-9H,7,21H2,1-3H3. The number of pyridine rings is 1. The molecule has 1 unspecified atom stereocenters. The quantitative estimate of drug-likeness (QED) is 0.792. The van der Waals surface area contributed by atoms with Crippen LogP contribution >= 0.6 is 15.9 Å². The number of benzene rings is 1. The van der Waals surface area contributed by atoms with Gasteiger partial charge in [-0.15, -0.1) is 0 Å². The van der Waals surface area contributed by atoms with Crippen molar-refractivity contribution in [3.63, 3.8) is 0 Å². The van der Waals surface area contributed by atoms with Gasteiger partial charge < -0.3 is 15.2 Å². The van der Waals surface area contributed by atoms with Crippen LogP contribution in [0.4, 0.5) is 13.2 Å². The number of rotatable bonds is 5. The van der Waals surface area contributed by atoms with E-state index in [2.05, 4.69) is 20.9 Å². The Balaban J connectivity index is 2.76. The lowest BCUT2D eigenvalue weighted by Gasteiger charge is -2.20. The first-order valence-corrected chi connectivity index (χ1v) is 8.16. The van der Waals surface area contributed by atoms with Gasteiger partial charge in [0, 0.05) is 12.6 Å². The van der Waals surface area contributed by atoms with Gasteiger partial charge >= 0.3 is 6.18 Å². The average Bonchev–Trinajstić information content (AvgIpc) is 2.47. The van der Waals surface area contributed by atoms with Crippen molar-refractivity contribution in [1.29, 1.82) is 0 Å². The Labute approximate surface area is 146 Å². The highest BCUT2D eigenvalue weighted by Gasteiger charge is 2.36. The lowest BCUT2D eigenvalue weighted by Crippen LogP contribution is -2.23. The molecular formula is C16H18BrF3N2O2. The highest BCUT2D eigenvalue weighted by atomic mass is 79.9. The minimum atomic E-state index is -4.58. The van der Waals surface area contributed by atoms with Crippen LogP contribution in [0.15, 0.2) is 22.7 Å². The number of fused-ring (bicyclic) bond motifs is 1. The van der Waals surface area contributed by atoms with E-state index in [0.717, 1.165) is 6.07 Å². The summed E-state index contributed by atoms with van der Waals surface area (Å²) >= 11 is 3.24. The number of nitrogens with zero attached hydrogens (tertiary/aromatic N) is 1. The van der Waals surface area contributed by atoms with E-state index in [0.29, 0.717) is 4.47 Å². The lowest BCUT2D eigenvalue weighted by atomic mass is 10.1. The molecule has 1 aromatic heterocycles. The fraction of sp³-hybridized carbons (Fsp3) is 0.438. The zero-order valence-corrected chi connectivity index (χ0v) is 15.0. The molecule has 4 nitrogen and oxygen atoms in total. The molecule has 1 atom stereocenters. The third-order valence-corrected chi connectivity index (χ3v) is 3.79. The maximum Gasteiger partial charge on any atom is 0.417 e. The fourth-order valence-electron chi connectivity index (χ4n) is 2.14. The first kappa shape index (κ1) is 18.8. The Bertz CT molecular complexity index is 735. The van der Waals surface area contributed by atoms with Gasteiger partial charge in [0.15, 0.2) is 0 Å². The van der Waals surface area contributed by atoms with Gasteiger partial charge in [-0.2, -0.15) is 13.2 Å². The third-order valence-electron chi connectivity index (χ3n) is 3.17. The average molecular weight is 407 g/mol. The molecule has 2 N–H and O–H groups in total. The first-order valence-electron chi connectivity index (χ1n) is 7.37. The van der Waals surface area contributed by atoms with Gasteiger partial charge in [0.1, 0.15) is 11.9 Å². The minimum Gasteiger partial charge on any atom is -0.487 e. The zero-order valence-electron chi connectivity index (χ0n) is 13.4. The van der Waals surface area contributed by atoms with Crippen molar-refractivity contribution in [2.75, 3.05) is 6.54 Å². The van der Waals surface area contributed by atoms with Gasteiger partial charge in [-0.05, 0) is 48.8 Å². The molecule has 8 heteroatoms. The van der Waals surface area contributed by atoms with Gasteiger partial charge in [0.25, 0.3) is 0 Å². The third kappa shape index (κ3) is 4.10. The van der Waals surface area contributed by atoms with E-state index in [1.165, 1.54) is 6.07 Å². The van der Waals surface area contributed by atoms with Gasteiger partial charge in [0.2, 0.25) is 5.88 Å². The van der Waals surface area contributed by atoms with Crippen LogP contribution in [0.1, 0.15) is 26.3 Å². The molecule has 0 aliphatic rings. The highest BCUT2D eigenvalue weighted by Crippen LogP contribution is 2.43. The molecule has 0 bridgehead atoms. The molecule has 24 heavy (non-hydrogen) atoms. The maximum absolute atomic E-state index is 13.6. The SMILES string of the molecule is CC(C)Oc1cc(C(F)(F)F)c2c(OC(C)CN)c(Br)ccc2n1. The number of hydrogen-bond acceptors (Lipinski definition) is 4. The predicted octanol–water partition coefficient (Wildman–Crippen LogP) is 4.53. The van der Waals surface area contributed by atoms with Gasteiger partial charge in [0.05, 0.1) is 27.0 Å². The van der Waals surface area contributed by atoms with Crippen LogP contribution in [0.3, 0.4) is 0 Å². The molecule has 0 amide bonds. The topological polar surface area (TPSA) is 57.4 Å². The van der Waals surface area contributed by atoms with Gasteiger partial charge in [-0.3, -0.25) is 0 Å². The lowest BCUT2D eigenvalue weighted by molar-refractivity contribution is -0.136. The molecule has 0 aliphatic heterocycles. The van der Waals surface area contributed by atoms with E-state index in [1.54, 1.807) is 26.8 Å². The molecule has 0 saturated heterocycles. The molecule has 132 valence electrons. The number of nitrogens with two attached hydrogens (primary N) is 1. The van der Waals surface area contributed by atoms with E-state index in [1.807, 2.05) is 0 Å². The number of ether oxygens (including phenoxy) is 2. The van der Waals surface area contributed by atoms with Crippen molar-refractivity contribution in [2.24, 2.45) is 5.73 Å². The van der Waals surface area contributed by atoms with E-state index in [-0.39, 0.29) is 35.2 Å². The molecule has 0 radical (unpaired) electrons. The van der Waals surface area contributed by atoms with Gasteiger partial charge in [-0.1, -0.05) is 0 Å². The summed E-state index contributed by atoms with van der Waals surface area (Å²) in [5.74, 6) is -0.00802. The molecule has 2 aromatic rings. The van der Waals surface area contributed by atoms with Crippen LogP contribution < -0.4 is 15.2 Å². The summed E-state index contributed by atoms with van der Waals surface area (Å²) in [6.45, 7) is 5.30. The maximum atomic E-state index is 13.6. The van der Waals surface area contributed by atoms with Crippen LogP contribution in [0.25, 0.3) is 10.9 Å². The van der Waals surface area contributed by atoms with E-state index in [9.17, 15) is 13.2 Å². The largest absolute Gasteiger partial charge is 0.487 e. The van der Waals surface area contributed by atoms with E-state index in [4.69, 9.17) is 15.2 Å². The summed E-state index contributed by atoms with van der Waals surface area (Å²) in [4.78, 5) is 4.17. The second-order valence-electron chi connectivity index (χ2n) is 5.61. The summed E-state index contributed by atoms with van der Waals surface area (Å²) in [5, 5.41) is -0.117.